The van der Waals surface area contributed by atoms with Gasteiger partial charge in [0.25, 0.3) is 0 Å². The van der Waals surface area contributed by atoms with Crippen LogP contribution in [0.4, 0.5) is 0 Å². The molecule has 0 unspecified atom stereocenters. The Kier molecular flexibility index (Phi) is 7.40. The minimum absolute atomic E-state index is 0.0297. The molecule has 0 aliphatic rings. The molecule has 0 rings (SSSR count). The van der Waals surface area contributed by atoms with E-state index in [1.165, 1.54) is 0 Å². The minimum Gasteiger partial charge on any atom is -0.465 e. The summed E-state index contributed by atoms with van der Waals surface area (Å²) in [5, 5.41) is 18.4. The monoisotopic (exact) mass is 306 g/mol. The Morgan fingerprint density at radius 2 is 1.60 bits per heavy atom. The van der Waals surface area contributed by atoms with E-state index in [1.54, 1.807) is 27.7 Å². The fraction of sp³-hybridized carbons (Fsp3) is 0.769. The van der Waals surface area contributed by atoms with Crippen LogP contribution in [0.1, 0.15) is 27.7 Å². The normalized spacial score (nSPS) is 12.1. The number of ether oxygens (including phenoxy) is 1. The van der Waals surface area contributed by atoms with Crippen LogP contribution in [-0.2, 0) is 19.1 Å². The van der Waals surface area contributed by atoms with Gasteiger partial charge in [0.2, 0.25) is 0 Å². The van der Waals surface area contributed by atoms with Gasteiger partial charge in [-0.15, -0.1) is 0 Å². The molecule has 0 spiro atoms. The van der Waals surface area contributed by atoms with E-state index < -0.39 is 35.8 Å². The predicted octanol–water partition coefficient (Wildman–Crippen LogP) is 0.396. The Labute approximate surface area is 122 Å². The number of carbonyl (C=O) groups is 3. The van der Waals surface area contributed by atoms with Gasteiger partial charge in [-0.1, -0.05) is 32.5 Å². The van der Waals surface area contributed by atoms with Crippen LogP contribution in [0.15, 0.2) is 0 Å². The molecule has 0 radical (unpaired) electrons. The predicted molar refractivity (Wildman–Crippen MR) is 75.2 cm³/mol. The average Bonchev–Trinajstić information content (AvgIpc) is 2.37. The van der Waals surface area contributed by atoms with Crippen LogP contribution in [0.5, 0.6) is 0 Å². The standard InChI is InChI=1S/C13H22O6S/c1-5-19-10(17)13(7-14,8-15)9(16)6-20-11(18)12(2,3)4/h14-15H,5-8H2,1-4H3. The highest BCUT2D eigenvalue weighted by molar-refractivity contribution is 8.14. The van der Waals surface area contributed by atoms with Crippen molar-refractivity contribution in [3.63, 3.8) is 0 Å². The van der Waals surface area contributed by atoms with E-state index >= 15 is 0 Å². The van der Waals surface area contributed by atoms with Crippen molar-refractivity contribution in [3.8, 4) is 0 Å². The lowest BCUT2D eigenvalue weighted by Gasteiger charge is -2.25. The molecule has 0 atom stereocenters. The van der Waals surface area contributed by atoms with Crippen LogP contribution in [0.25, 0.3) is 0 Å². The molecular formula is C13H22O6S. The van der Waals surface area contributed by atoms with Crippen LogP contribution in [0, 0.1) is 10.8 Å². The fourth-order valence-corrected chi connectivity index (χ4v) is 2.20. The SMILES string of the molecule is CCOC(=O)C(CO)(CO)C(=O)CSC(=O)C(C)(C)C. The van der Waals surface area contributed by atoms with Gasteiger partial charge in [0.05, 0.1) is 25.6 Å². The zero-order valence-corrected chi connectivity index (χ0v) is 13.1. The summed E-state index contributed by atoms with van der Waals surface area (Å²) >= 11 is 0.766. The number of hydrogen-bond donors (Lipinski definition) is 2. The summed E-state index contributed by atoms with van der Waals surface area (Å²) < 4.78 is 4.71. The number of aliphatic hydroxyl groups excluding tert-OH is 2. The van der Waals surface area contributed by atoms with Crippen molar-refractivity contribution >= 4 is 28.6 Å². The number of rotatable bonds is 7. The topological polar surface area (TPSA) is 101 Å². The van der Waals surface area contributed by atoms with Gasteiger partial charge in [0.1, 0.15) is 0 Å². The second-order valence-corrected chi connectivity index (χ2v) is 6.32. The van der Waals surface area contributed by atoms with Gasteiger partial charge < -0.3 is 14.9 Å². The maximum Gasteiger partial charge on any atom is 0.324 e. The van der Waals surface area contributed by atoms with Crippen LogP contribution < -0.4 is 0 Å². The molecule has 116 valence electrons. The maximum atomic E-state index is 12.1. The first-order valence-corrected chi connectivity index (χ1v) is 7.23. The Morgan fingerprint density at radius 1 is 1.10 bits per heavy atom. The van der Waals surface area contributed by atoms with Crippen molar-refractivity contribution in [3.05, 3.63) is 0 Å². The lowest BCUT2D eigenvalue weighted by Crippen LogP contribution is -2.48. The molecule has 0 aromatic carbocycles. The summed E-state index contributed by atoms with van der Waals surface area (Å²) in [6.07, 6.45) is 0. The van der Waals surface area contributed by atoms with Crippen LogP contribution in [0.2, 0.25) is 0 Å². The summed E-state index contributed by atoms with van der Waals surface area (Å²) in [6.45, 7) is 5.01. The molecule has 20 heavy (non-hydrogen) atoms. The number of ketones is 1. The molecule has 0 saturated heterocycles. The van der Waals surface area contributed by atoms with E-state index in [0.29, 0.717) is 0 Å². The molecule has 7 heteroatoms. The van der Waals surface area contributed by atoms with E-state index in [-0.39, 0.29) is 17.5 Å². The number of Topliss-reactive ketones (excluding diaryl/α,β-unsaturated/α-hetero) is 1. The summed E-state index contributed by atoms with van der Waals surface area (Å²) in [6, 6.07) is 0. The van der Waals surface area contributed by atoms with Gasteiger partial charge in [0, 0.05) is 5.41 Å². The summed E-state index contributed by atoms with van der Waals surface area (Å²) in [7, 11) is 0. The van der Waals surface area contributed by atoms with Crippen LogP contribution in [-0.4, -0.2) is 52.7 Å². The number of esters is 1. The Bertz CT molecular complexity index is 368. The molecule has 0 bridgehead atoms. The van der Waals surface area contributed by atoms with Crippen LogP contribution >= 0.6 is 11.8 Å². The maximum absolute atomic E-state index is 12.1. The van der Waals surface area contributed by atoms with E-state index in [1.807, 2.05) is 0 Å². The molecule has 0 aromatic rings. The Balaban J connectivity index is 4.92. The highest BCUT2D eigenvalue weighted by Crippen LogP contribution is 2.27. The molecule has 2 N–H and O–H groups in total. The zero-order chi connectivity index (χ0) is 16.0. The summed E-state index contributed by atoms with van der Waals surface area (Å²) in [5.41, 5.74) is -2.61. The van der Waals surface area contributed by atoms with Crippen molar-refractivity contribution in [2.24, 2.45) is 10.8 Å². The third kappa shape index (κ3) is 4.57. The van der Waals surface area contributed by atoms with Crippen molar-refractivity contribution in [1.29, 1.82) is 0 Å². The first kappa shape index (κ1) is 19.1. The third-order valence-corrected chi connectivity index (χ3v) is 3.97. The lowest BCUT2D eigenvalue weighted by molar-refractivity contribution is -0.165. The minimum atomic E-state index is -2.00. The van der Waals surface area contributed by atoms with Gasteiger partial charge in [-0.2, -0.15) is 0 Å². The second kappa shape index (κ2) is 7.75. The summed E-state index contributed by atoms with van der Waals surface area (Å²) in [5.74, 6) is -1.99. The first-order valence-electron chi connectivity index (χ1n) is 6.25. The molecule has 0 aliphatic heterocycles. The highest BCUT2D eigenvalue weighted by atomic mass is 32.2. The van der Waals surface area contributed by atoms with E-state index in [2.05, 4.69) is 0 Å². The zero-order valence-electron chi connectivity index (χ0n) is 12.3. The largest absolute Gasteiger partial charge is 0.465 e. The third-order valence-electron chi connectivity index (χ3n) is 2.69. The van der Waals surface area contributed by atoms with Gasteiger partial charge >= 0.3 is 5.97 Å². The number of aliphatic hydroxyl groups is 2. The second-order valence-electron chi connectivity index (χ2n) is 5.37. The number of hydrogen-bond acceptors (Lipinski definition) is 7. The fourth-order valence-electron chi connectivity index (χ4n) is 1.22. The molecule has 0 saturated carbocycles. The first-order chi connectivity index (χ1) is 9.15. The lowest BCUT2D eigenvalue weighted by atomic mass is 9.86. The molecule has 0 fully saturated rings. The number of thioether (sulfide) groups is 1. The molecule has 0 aliphatic carbocycles. The van der Waals surface area contributed by atoms with Crippen molar-refractivity contribution in [1.82, 2.24) is 0 Å². The van der Waals surface area contributed by atoms with E-state index in [9.17, 15) is 24.6 Å². The van der Waals surface area contributed by atoms with Gasteiger partial charge in [-0.05, 0) is 6.92 Å². The van der Waals surface area contributed by atoms with Crippen LogP contribution in [0.3, 0.4) is 0 Å². The quantitative estimate of drug-likeness (QED) is 0.518. The van der Waals surface area contributed by atoms with E-state index in [0.717, 1.165) is 11.8 Å². The summed E-state index contributed by atoms with van der Waals surface area (Å²) in [4.78, 5) is 35.6. The Morgan fingerprint density at radius 3 is 1.95 bits per heavy atom. The number of carbonyl (C=O) groups excluding carboxylic acids is 3. The molecular weight excluding hydrogens is 284 g/mol. The van der Waals surface area contributed by atoms with E-state index in [4.69, 9.17) is 4.74 Å². The van der Waals surface area contributed by atoms with Crippen molar-refractivity contribution < 1.29 is 29.3 Å². The highest BCUT2D eigenvalue weighted by Gasteiger charge is 2.46. The van der Waals surface area contributed by atoms with Gasteiger partial charge in [-0.3, -0.25) is 14.4 Å². The smallest absolute Gasteiger partial charge is 0.324 e. The van der Waals surface area contributed by atoms with Crippen molar-refractivity contribution in [2.75, 3.05) is 25.6 Å². The van der Waals surface area contributed by atoms with Gasteiger partial charge in [0.15, 0.2) is 16.3 Å². The average molecular weight is 306 g/mol. The molecule has 0 heterocycles. The molecule has 0 aromatic heterocycles. The van der Waals surface area contributed by atoms with Crippen molar-refractivity contribution in [2.45, 2.75) is 27.7 Å². The Hall–Kier alpha value is -0.920. The molecule has 0 amide bonds. The van der Waals surface area contributed by atoms with Gasteiger partial charge in [-0.25, -0.2) is 0 Å². The molecule has 6 nitrogen and oxygen atoms in total.